The maximum absolute atomic E-state index is 9.69. The van der Waals surface area contributed by atoms with Crippen LogP contribution in [0.5, 0.6) is 0 Å². The fraction of sp³-hybridized carbons (Fsp3) is 0. The Balaban J connectivity index is 1.11. The van der Waals surface area contributed by atoms with Crippen molar-refractivity contribution < 1.29 is 0 Å². The highest BCUT2D eigenvalue weighted by atomic mass is 15.0. The summed E-state index contributed by atoms with van der Waals surface area (Å²) in [6.07, 6.45) is 0. The normalized spacial score (nSPS) is 11.0. The predicted molar refractivity (Wildman–Crippen MR) is 231 cm³/mol. The highest BCUT2D eigenvalue weighted by Crippen LogP contribution is 2.39. The highest BCUT2D eigenvalue weighted by Gasteiger charge is 2.18. The van der Waals surface area contributed by atoms with Gasteiger partial charge in [-0.1, -0.05) is 72.8 Å². The van der Waals surface area contributed by atoms with Gasteiger partial charge in [0.2, 0.25) is 0 Å². The second kappa shape index (κ2) is 13.5. The van der Waals surface area contributed by atoms with Gasteiger partial charge >= 0.3 is 0 Å². The van der Waals surface area contributed by atoms with Crippen molar-refractivity contribution in [3.63, 3.8) is 0 Å². The van der Waals surface area contributed by atoms with Gasteiger partial charge in [0.1, 0.15) is 0 Å². The highest BCUT2D eigenvalue weighted by molar-refractivity contribution is 6.13. The lowest BCUT2D eigenvalue weighted by Crippen LogP contribution is -1.97. The topological polar surface area (TPSA) is 72.5 Å². The summed E-state index contributed by atoms with van der Waals surface area (Å²) in [5.41, 5.74) is 12.0. The Labute approximate surface area is 332 Å². The number of rotatable bonds is 5. The van der Waals surface area contributed by atoms with E-state index < -0.39 is 0 Å². The molecule has 0 bridgehead atoms. The third-order valence-corrected chi connectivity index (χ3v) is 10.6. The molecule has 0 radical (unpaired) electrons. The average Bonchev–Trinajstić information content (AvgIpc) is 3.80. The zero-order valence-electron chi connectivity index (χ0n) is 30.6. The Morgan fingerprint density at radius 1 is 0.431 bits per heavy atom. The minimum Gasteiger partial charge on any atom is -0.309 e. The molecule has 8 heteroatoms. The number of para-hydroxylation sites is 1. The van der Waals surface area contributed by atoms with Gasteiger partial charge in [0, 0.05) is 38.7 Å². The zero-order valence-corrected chi connectivity index (χ0v) is 30.6. The van der Waals surface area contributed by atoms with Gasteiger partial charge in [0.15, 0.2) is 22.9 Å². The first-order chi connectivity index (χ1) is 28.5. The summed E-state index contributed by atoms with van der Waals surface area (Å²) >= 11 is 0. The van der Waals surface area contributed by atoms with E-state index in [1.54, 1.807) is 18.2 Å². The Morgan fingerprint density at radius 3 is 1.71 bits per heavy atom. The minimum atomic E-state index is 0.495. The molecule has 3 heterocycles. The van der Waals surface area contributed by atoms with Crippen LogP contribution in [0.1, 0.15) is 5.56 Å². The first-order valence-electron chi connectivity index (χ1n) is 18.4. The molecule has 7 aromatic carbocycles. The fourth-order valence-corrected chi connectivity index (χ4v) is 7.91. The van der Waals surface area contributed by atoms with Gasteiger partial charge in [0.25, 0.3) is 0 Å². The molecule has 0 N–H and O–H groups in total. The SMILES string of the molecule is [C-]#[N+]c1cccc(-c2cc(-c3ccc(-n4c5ccccc5c5cc(-n6c7ccc(C#N)cc7c7cc([N+]#[C-])ccc76)ccc54)cc3)nc(-c3cccc([N+]#[C-])c3)n2)c1. The summed E-state index contributed by atoms with van der Waals surface area (Å²) in [5, 5.41) is 13.8. The molecule has 58 heavy (non-hydrogen) atoms. The van der Waals surface area contributed by atoms with E-state index in [1.807, 2.05) is 72.8 Å². The molecule has 0 spiro atoms. The lowest BCUT2D eigenvalue weighted by molar-refractivity contribution is 1.16. The lowest BCUT2D eigenvalue weighted by Gasteiger charge is -2.12. The molecule has 0 aliphatic rings. The summed E-state index contributed by atoms with van der Waals surface area (Å²) in [6.45, 7) is 22.7. The summed E-state index contributed by atoms with van der Waals surface area (Å²) in [7, 11) is 0. The van der Waals surface area contributed by atoms with Crippen LogP contribution in [0.3, 0.4) is 0 Å². The molecule has 0 unspecified atom stereocenters. The van der Waals surface area contributed by atoms with Crippen LogP contribution in [-0.2, 0) is 0 Å². The number of fused-ring (bicyclic) bond motifs is 6. The van der Waals surface area contributed by atoms with Gasteiger partial charge in [-0.05, 0) is 95.9 Å². The lowest BCUT2D eigenvalue weighted by atomic mass is 10.1. The summed E-state index contributed by atoms with van der Waals surface area (Å²) < 4.78 is 4.48. The van der Waals surface area contributed by atoms with Gasteiger partial charge in [-0.2, -0.15) is 5.26 Å². The first-order valence-corrected chi connectivity index (χ1v) is 18.4. The van der Waals surface area contributed by atoms with Crippen molar-refractivity contribution in [3.05, 3.63) is 198 Å². The van der Waals surface area contributed by atoms with Gasteiger partial charge in [-0.3, -0.25) is 0 Å². The van der Waals surface area contributed by atoms with Crippen LogP contribution in [0.25, 0.3) is 103 Å². The van der Waals surface area contributed by atoms with Crippen molar-refractivity contribution in [1.82, 2.24) is 19.1 Å². The second-order valence-electron chi connectivity index (χ2n) is 13.9. The van der Waals surface area contributed by atoms with Crippen molar-refractivity contribution in [1.29, 1.82) is 5.26 Å². The maximum atomic E-state index is 9.69. The van der Waals surface area contributed by atoms with E-state index in [4.69, 9.17) is 29.7 Å². The number of nitrogens with zero attached hydrogens (tertiary/aromatic N) is 8. The fourth-order valence-electron chi connectivity index (χ4n) is 7.91. The predicted octanol–water partition coefficient (Wildman–Crippen LogP) is 13.2. The molecule has 0 saturated heterocycles. The smallest absolute Gasteiger partial charge is 0.188 e. The molecule has 0 aliphatic heterocycles. The molecule has 0 saturated carbocycles. The monoisotopic (exact) mass is 738 g/mol. The minimum absolute atomic E-state index is 0.495. The van der Waals surface area contributed by atoms with Crippen LogP contribution in [-0.4, -0.2) is 19.1 Å². The van der Waals surface area contributed by atoms with E-state index in [0.29, 0.717) is 34.1 Å². The van der Waals surface area contributed by atoms with Crippen molar-refractivity contribution in [2.75, 3.05) is 0 Å². The largest absolute Gasteiger partial charge is 0.309 e. The summed E-state index contributed by atoms with van der Waals surface area (Å²) in [4.78, 5) is 20.8. The Morgan fingerprint density at radius 2 is 0.983 bits per heavy atom. The van der Waals surface area contributed by atoms with Crippen molar-refractivity contribution >= 4 is 60.7 Å². The first kappa shape index (κ1) is 33.7. The standard InChI is InChI=1S/C50H26N8/c1-52-35-10-6-8-33(25-35)45-29-44(55-50(56-45)34-9-7-11-36(26-34)53-2)32-15-18-38(19-16-32)57-46-13-5-4-12-40(46)43-28-39(20-23-49(43)57)58-47-21-14-31(30-51)24-41(47)42-27-37(54-3)17-22-48(42)58/h4-29H. The number of nitriles is 1. The summed E-state index contributed by atoms with van der Waals surface area (Å²) in [6, 6.07) is 53.6. The zero-order chi connectivity index (χ0) is 39.3. The second-order valence-corrected chi connectivity index (χ2v) is 13.9. The van der Waals surface area contributed by atoms with Crippen LogP contribution in [0.4, 0.5) is 17.1 Å². The molecule has 3 aromatic heterocycles. The van der Waals surface area contributed by atoms with Crippen LogP contribution < -0.4 is 0 Å². The molecular weight excluding hydrogens is 713 g/mol. The molecule has 0 fully saturated rings. The quantitative estimate of drug-likeness (QED) is 0.165. The molecule has 266 valence electrons. The third-order valence-electron chi connectivity index (χ3n) is 10.6. The number of hydrogen-bond donors (Lipinski definition) is 0. The van der Waals surface area contributed by atoms with Crippen LogP contribution in [0.15, 0.2) is 158 Å². The van der Waals surface area contributed by atoms with Crippen LogP contribution >= 0.6 is 0 Å². The van der Waals surface area contributed by atoms with Crippen LogP contribution in [0.2, 0.25) is 0 Å². The van der Waals surface area contributed by atoms with Crippen molar-refractivity contribution in [2.45, 2.75) is 0 Å². The molecule has 10 rings (SSSR count). The Kier molecular flexibility index (Phi) is 7.84. The van der Waals surface area contributed by atoms with Gasteiger partial charge in [-0.15, -0.1) is 0 Å². The van der Waals surface area contributed by atoms with Gasteiger partial charge < -0.3 is 9.13 Å². The van der Waals surface area contributed by atoms with E-state index >= 15 is 0 Å². The molecule has 0 amide bonds. The van der Waals surface area contributed by atoms with Crippen molar-refractivity contribution in [2.24, 2.45) is 0 Å². The number of aromatic nitrogens is 4. The van der Waals surface area contributed by atoms with Gasteiger partial charge in [-0.25, -0.2) is 24.5 Å². The molecule has 10 aromatic rings. The molecule has 0 atom stereocenters. The number of benzene rings is 7. The van der Waals surface area contributed by atoms with E-state index in [9.17, 15) is 5.26 Å². The van der Waals surface area contributed by atoms with Gasteiger partial charge in [0.05, 0.1) is 64.8 Å². The molecular formula is C50H26N8. The third kappa shape index (κ3) is 5.51. The molecule has 8 nitrogen and oxygen atoms in total. The molecule has 0 aliphatic carbocycles. The van der Waals surface area contributed by atoms with Crippen LogP contribution in [0, 0.1) is 31.0 Å². The maximum Gasteiger partial charge on any atom is 0.188 e. The number of hydrogen-bond acceptors (Lipinski definition) is 3. The Hall–Kier alpha value is -8.82. The van der Waals surface area contributed by atoms with Crippen molar-refractivity contribution in [3.8, 4) is 51.3 Å². The summed E-state index contributed by atoms with van der Waals surface area (Å²) in [5.74, 6) is 0.495. The van der Waals surface area contributed by atoms with E-state index in [0.717, 1.165) is 77.4 Å². The van der Waals surface area contributed by atoms with E-state index in [-0.39, 0.29) is 0 Å². The van der Waals surface area contributed by atoms with E-state index in [2.05, 4.69) is 96.5 Å². The Bertz CT molecular complexity index is 3360. The average molecular weight is 739 g/mol. The van der Waals surface area contributed by atoms with E-state index in [1.165, 1.54) is 0 Å².